The zero-order valence-corrected chi connectivity index (χ0v) is 19.8. The van der Waals surface area contributed by atoms with Gasteiger partial charge in [-0.25, -0.2) is 4.79 Å². The van der Waals surface area contributed by atoms with E-state index in [4.69, 9.17) is 11.5 Å². The van der Waals surface area contributed by atoms with Crippen LogP contribution in [0.25, 0.3) is 0 Å². The van der Waals surface area contributed by atoms with E-state index in [0.29, 0.717) is 24.0 Å². The first-order chi connectivity index (χ1) is 17.3. The van der Waals surface area contributed by atoms with Crippen LogP contribution in [0.5, 0.6) is 0 Å². The molecule has 6 nitrogen and oxygen atoms in total. The number of rotatable bonds is 8. The number of benzene rings is 4. The molecular formula is C30H30N2O4. The lowest BCUT2D eigenvalue weighted by Gasteiger charge is -2.25. The summed E-state index contributed by atoms with van der Waals surface area (Å²) in [6.07, 6.45) is 0.635. The second kappa shape index (κ2) is 11.9. The Morgan fingerprint density at radius 2 is 0.833 bits per heavy atom. The highest BCUT2D eigenvalue weighted by Crippen LogP contribution is 2.27. The van der Waals surface area contributed by atoms with Gasteiger partial charge in [-0.1, -0.05) is 121 Å². The Balaban J connectivity index is 0.000000202. The van der Waals surface area contributed by atoms with Gasteiger partial charge in [-0.05, 0) is 22.3 Å². The third-order valence-corrected chi connectivity index (χ3v) is 5.95. The van der Waals surface area contributed by atoms with Crippen LogP contribution in [-0.4, -0.2) is 27.7 Å². The van der Waals surface area contributed by atoms with Crippen molar-refractivity contribution in [2.24, 2.45) is 11.5 Å². The minimum atomic E-state index is -1.50. The quantitative estimate of drug-likeness (QED) is 0.298. The first kappa shape index (κ1) is 26.3. The van der Waals surface area contributed by atoms with E-state index in [1.807, 2.05) is 72.8 Å². The van der Waals surface area contributed by atoms with Gasteiger partial charge < -0.3 is 21.7 Å². The van der Waals surface area contributed by atoms with E-state index in [0.717, 1.165) is 11.1 Å². The van der Waals surface area contributed by atoms with Gasteiger partial charge in [0.2, 0.25) is 0 Å². The fraction of sp³-hybridized carbons (Fsp3) is 0.133. The van der Waals surface area contributed by atoms with Gasteiger partial charge in [-0.15, -0.1) is 0 Å². The molecule has 0 unspecified atom stereocenters. The molecule has 36 heavy (non-hydrogen) atoms. The molecule has 0 spiro atoms. The average molecular weight is 483 g/mol. The molecule has 0 atom stereocenters. The summed E-state index contributed by atoms with van der Waals surface area (Å²) in [5, 5.41) is 18.8. The molecule has 0 bridgehead atoms. The molecule has 0 aromatic heterocycles. The molecule has 0 heterocycles. The second-order valence-electron chi connectivity index (χ2n) is 8.63. The average Bonchev–Trinajstić information content (AvgIpc) is 2.90. The highest BCUT2D eigenvalue weighted by atomic mass is 16.4. The zero-order valence-electron chi connectivity index (χ0n) is 19.8. The van der Waals surface area contributed by atoms with Crippen LogP contribution in [0, 0.1) is 0 Å². The van der Waals surface area contributed by atoms with Crippen LogP contribution in [0.15, 0.2) is 121 Å². The Kier molecular flexibility index (Phi) is 8.73. The molecule has 0 aliphatic heterocycles. The van der Waals surface area contributed by atoms with Gasteiger partial charge in [0, 0.05) is 12.8 Å². The van der Waals surface area contributed by atoms with Crippen molar-refractivity contribution in [1.82, 2.24) is 0 Å². The van der Waals surface area contributed by atoms with E-state index in [1.165, 1.54) is 0 Å². The smallest absolute Gasteiger partial charge is 0.333 e. The van der Waals surface area contributed by atoms with E-state index >= 15 is 0 Å². The summed E-state index contributed by atoms with van der Waals surface area (Å²) in [4.78, 5) is 23.0. The topological polar surface area (TPSA) is 127 Å². The van der Waals surface area contributed by atoms with E-state index < -0.39 is 23.0 Å². The number of carbonyl (C=O) groups is 2. The highest BCUT2D eigenvalue weighted by molar-refractivity contribution is 5.85. The fourth-order valence-electron chi connectivity index (χ4n) is 3.95. The van der Waals surface area contributed by atoms with E-state index in [2.05, 4.69) is 0 Å². The minimum absolute atomic E-state index is 0.318. The molecule has 6 N–H and O–H groups in total. The van der Waals surface area contributed by atoms with Crippen molar-refractivity contribution >= 4 is 11.9 Å². The molecule has 4 rings (SSSR count). The van der Waals surface area contributed by atoms with Crippen LogP contribution in [0.3, 0.4) is 0 Å². The van der Waals surface area contributed by atoms with Crippen molar-refractivity contribution in [3.8, 4) is 0 Å². The molecule has 0 aliphatic rings. The Hall–Kier alpha value is -4.26. The summed E-state index contributed by atoms with van der Waals surface area (Å²) in [6.45, 7) is 0. The summed E-state index contributed by atoms with van der Waals surface area (Å²) in [5.74, 6) is -2.03. The summed E-state index contributed by atoms with van der Waals surface area (Å²) in [6, 6.07) is 36.6. The van der Waals surface area contributed by atoms with Crippen LogP contribution in [0.2, 0.25) is 0 Å². The lowest BCUT2D eigenvalue weighted by atomic mass is 9.84. The van der Waals surface area contributed by atoms with Crippen molar-refractivity contribution in [2.45, 2.75) is 23.9 Å². The molecule has 0 radical (unpaired) electrons. The van der Waals surface area contributed by atoms with E-state index in [-0.39, 0.29) is 0 Å². The minimum Gasteiger partial charge on any atom is -0.480 e. The number of hydrogen-bond acceptors (Lipinski definition) is 4. The van der Waals surface area contributed by atoms with Crippen molar-refractivity contribution in [2.75, 3.05) is 0 Å². The monoisotopic (exact) mass is 482 g/mol. The Morgan fingerprint density at radius 1 is 0.528 bits per heavy atom. The summed E-state index contributed by atoms with van der Waals surface area (Å²) < 4.78 is 0. The predicted molar refractivity (Wildman–Crippen MR) is 140 cm³/mol. The number of carboxylic acids is 2. The molecule has 0 saturated carbocycles. The Morgan fingerprint density at radius 3 is 1.11 bits per heavy atom. The maximum absolute atomic E-state index is 11.5. The molecule has 4 aromatic rings. The van der Waals surface area contributed by atoms with E-state index in [1.54, 1.807) is 48.5 Å². The van der Waals surface area contributed by atoms with E-state index in [9.17, 15) is 19.8 Å². The van der Waals surface area contributed by atoms with Crippen LogP contribution < -0.4 is 11.5 Å². The summed E-state index contributed by atoms with van der Waals surface area (Å²) >= 11 is 0. The largest absolute Gasteiger partial charge is 0.480 e. The molecule has 4 aromatic carbocycles. The molecular weight excluding hydrogens is 452 g/mol. The third kappa shape index (κ3) is 6.44. The third-order valence-electron chi connectivity index (χ3n) is 5.95. The second-order valence-corrected chi connectivity index (χ2v) is 8.63. The summed E-state index contributed by atoms with van der Waals surface area (Å²) in [7, 11) is 0. The first-order valence-electron chi connectivity index (χ1n) is 11.5. The number of aliphatic carboxylic acids is 2. The molecule has 6 heteroatoms. The normalized spacial score (nSPS) is 11.2. The maximum Gasteiger partial charge on any atom is 0.333 e. The standard InChI is InChI=1S/C16H17NO2.C14H13NO2/c17-16(15(18)19,11-13-7-3-1-4-8-13)12-14-9-5-2-6-10-14;15-14(13(16)17,11-7-3-1-4-8-11)12-9-5-2-6-10-12/h1-10H,11-12,17H2,(H,18,19);1-10H,15H2,(H,16,17). The highest BCUT2D eigenvalue weighted by Gasteiger charge is 2.37. The van der Waals surface area contributed by atoms with Crippen molar-refractivity contribution < 1.29 is 19.8 Å². The molecule has 0 amide bonds. The number of nitrogens with two attached hydrogens (primary N) is 2. The molecule has 184 valence electrons. The van der Waals surface area contributed by atoms with Gasteiger partial charge in [0.15, 0.2) is 5.54 Å². The zero-order chi connectivity index (χ0) is 26.0. The lowest BCUT2D eigenvalue weighted by Crippen LogP contribution is -2.51. The van der Waals surface area contributed by atoms with Crippen LogP contribution >= 0.6 is 0 Å². The van der Waals surface area contributed by atoms with Gasteiger partial charge >= 0.3 is 11.9 Å². The Labute approximate surface area is 210 Å². The van der Waals surface area contributed by atoms with Crippen LogP contribution in [-0.2, 0) is 28.0 Å². The lowest BCUT2D eigenvalue weighted by molar-refractivity contribution is -0.143. The van der Waals surface area contributed by atoms with Gasteiger partial charge in [-0.3, -0.25) is 4.79 Å². The first-order valence-corrected chi connectivity index (χ1v) is 11.5. The molecule has 0 saturated heterocycles. The fourth-order valence-corrected chi connectivity index (χ4v) is 3.95. The van der Waals surface area contributed by atoms with Crippen molar-refractivity contribution in [3.63, 3.8) is 0 Å². The predicted octanol–water partition coefficient (Wildman–Crippen LogP) is 4.23. The van der Waals surface area contributed by atoms with Crippen molar-refractivity contribution in [3.05, 3.63) is 144 Å². The molecule has 0 aliphatic carbocycles. The summed E-state index contributed by atoms with van der Waals surface area (Å²) in [5.41, 5.74) is 12.4. The van der Waals surface area contributed by atoms with Crippen LogP contribution in [0.4, 0.5) is 0 Å². The number of hydrogen-bond donors (Lipinski definition) is 4. The van der Waals surface area contributed by atoms with Crippen molar-refractivity contribution in [1.29, 1.82) is 0 Å². The van der Waals surface area contributed by atoms with Gasteiger partial charge in [0.1, 0.15) is 5.54 Å². The van der Waals surface area contributed by atoms with Gasteiger partial charge in [0.05, 0.1) is 0 Å². The maximum atomic E-state index is 11.5. The van der Waals surface area contributed by atoms with Gasteiger partial charge in [0.25, 0.3) is 0 Å². The SMILES string of the molecule is NC(C(=O)O)(c1ccccc1)c1ccccc1.NC(Cc1ccccc1)(Cc1ccccc1)C(=O)O. The molecule has 0 fully saturated rings. The number of carboxylic acid groups (broad SMARTS) is 2. The van der Waals surface area contributed by atoms with Gasteiger partial charge in [-0.2, -0.15) is 0 Å². The Bertz CT molecular complexity index is 1170. The van der Waals surface area contributed by atoms with Crippen LogP contribution in [0.1, 0.15) is 22.3 Å².